The molecule has 1 aromatic heterocycles. The Bertz CT molecular complexity index is 558. The number of carbonyl (C=O) groups is 2. The number of thiazole rings is 1. The van der Waals surface area contributed by atoms with E-state index in [4.69, 9.17) is 4.84 Å². The molecular formula is C11H11N3O4S. The number of hydroxylamine groups is 2. The van der Waals surface area contributed by atoms with Crippen LogP contribution in [0, 0.1) is 0 Å². The first-order chi connectivity index (χ1) is 9.15. The van der Waals surface area contributed by atoms with Crippen LogP contribution in [0.5, 0.6) is 0 Å². The van der Waals surface area contributed by atoms with Crippen LogP contribution in [0.1, 0.15) is 22.7 Å². The summed E-state index contributed by atoms with van der Waals surface area (Å²) < 4.78 is 0. The molecule has 2 atom stereocenters. The molecule has 0 spiro atoms. The molecule has 2 amide bonds. The van der Waals surface area contributed by atoms with E-state index in [1.165, 1.54) is 27.4 Å². The van der Waals surface area contributed by atoms with Crippen molar-refractivity contribution in [3.05, 3.63) is 28.7 Å². The third-order valence-electron chi connectivity index (χ3n) is 3.15. The lowest BCUT2D eigenvalue weighted by molar-refractivity contribution is -0.142. The van der Waals surface area contributed by atoms with Gasteiger partial charge >= 0.3 is 12.0 Å². The van der Waals surface area contributed by atoms with E-state index in [-0.39, 0.29) is 12.6 Å². The molecule has 0 aliphatic carbocycles. The number of carboxylic acids is 1. The summed E-state index contributed by atoms with van der Waals surface area (Å²) in [5, 5.41) is 10.5. The van der Waals surface area contributed by atoms with Gasteiger partial charge in [0.1, 0.15) is 6.04 Å². The number of hydrogen-bond donors (Lipinski definition) is 1. The van der Waals surface area contributed by atoms with Crippen LogP contribution >= 0.6 is 11.3 Å². The van der Waals surface area contributed by atoms with Crippen LogP contribution in [0.3, 0.4) is 0 Å². The van der Waals surface area contributed by atoms with Gasteiger partial charge in [-0.25, -0.2) is 14.6 Å². The second-order valence-corrected chi connectivity index (χ2v) is 5.09. The van der Waals surface area contributed by atoms with E-state index < -0.39 is 18.0 Å². The summed E-state index contributed by atoms with van der Waals surface area (Å²) in [6.07, 6.45) is 1.53. The molecule has 8 heteroatoms. The smallest absolute Gasteiger partial charge is 0.345 e. The lowest BCUT2D eigenvalue weighted by Gasteiger charge is -2.26. The highest BCUT2D eigenvalue weighted by Crippen LogP contribution is 2.45. The lowest BCUT2D eigenvalue weighted by Crippen LogP contribution is -2.38. The molecule has 2 aliphatic heterocycles. The number of nitrogens with zero attached hydrogens (tertiary/aromatic N) is 3. The molecule has 0 saturated carbocycles. The van der Waals surface area contributed by atoms with Crippen LogP contribution < -0.4 is 0 Å². The monoisotopic (exact) mass is 281 g/mol. The molecule has 0 aromatic carbocycles. The van der Waals surface area contributed by atoms with Crippen LogP contribution in [-0.2, 0) is 9.63 Å². The first-order valence-corrected chi connectivity index (χ1v) is 6.52. The largest absolute Gasteiger partial charge is 0.479 e. The number of carbonyl (C=O) groups excluding carboxylic acids is 1. The Balaban J connectivity index is 2.02. The summed E-state index contributed by atoms with van der Waals surface area (Å²) in [5.74, 6) is -1.08. The van der Waals surface area contributed by atoms with Gasteiger partial charge in [-0.05, 0) is 0 Å². The second-order valence-electron chi connectivity index (χ2n) is 4.20. The van der Waals surface area contributed by atoms with Crippen molar-refractivity contribution in [2.75, 3.05) is 13.2 Å². The zero-order valence-corrected chi connectivity index (χ0v) is 10.7. The quantitative estimate of drug-likeness (QED) is 0.838. The van der Waals surface area contributed by atoms with E-state index in [1.54, 1.807) is 5.51 Å². The summed E-state index contributed by atoms with van der Waals surface area (Å²) in [5.41, 5.74) is 2.03. The fraction of sp³-hybridized carbons (Fsp3) is 0.364. The molecule has 100 valence electrons. The minimum atomic E-state index is -1.08. The number of rotatable bonds is 4. The van der Waals surface area contributed by atoms with Crippen LogP contribution in [0.25, 0.3) is 0 Å². The van der Waals surface area contributed by atoms with Crippen molar-refractivity contribution in [2.45, 2.75) is 12.1 Å². The normalized spacial score (nSPS) is 24.5. The van der Waals surface area contributed by atoms with Crippen molar-refractivity contribution in [2.24, 2.45) is 0 Å². The highest BCUT2D eigenvalue weighted by Gasteiger charge is 2.52. The van der Waals surface area contributed by atoms with Crippen LogP contribution in [-0.4, -0.2) is 45.2 Å². The van der Waals surface area contributed by atoms with Crippen molar-refractivity contribution in [1.29, 1.82) is 0 Å². The molecule has 0 radical (unpaired) electrons. The van der Waals surface area contributed by atoms with E-state index >= 15 is 0 Å². The minimum absolute atomic E-state index is 0.196. The van der Waals surface area contributed by atoms with Crippen molar-refractivity contribution >= 4 is 23.3 Å². The van der Waals surface area contributed by atoms with Gasteiger partial charge in [-0.1, -0.05) is 6.08 Å². The average molecular weight is 281 g/mol. The predicted molar refractivity (Wildman–Crippen MR) is 65.3 cm³/mol. The lowest BCUT2D eigenvalue weighted by atomic mass is 10.0. The topological polar surface area (TPSA) is 83.0 Å². The summed E-state index contributed by atoms with van der Waals surface area (Å²) in [4.78, 5) is 35.0. The third kappa shape index (κ3) is 1.64. The Morgan fingerprint density at radius 2 is 2.53 bits per heavy atom. The first-order valence-electron chi connectivity index (χ1n) is 5.65. The highest BCUT2D eigenvalue weighted by atomic mass is 32.1. The van der Waals surface area contributed by atoms with Gasteiger partial charge in [-0.15, -0.1) is 17.9 Å². The Labute approximate surface area is 112 Å². The maximum Gasteiger partial charge on any atom is 0.345 e. The number of hydrogen-bond acceptors (Lipinski definition) is 5. The zero-order valence-electron chi connectivity index (χ0n) is 9.85. The fourth-order valence-electron chi connectivity index (χ4n) is 2.40. The van der Waals surface area contributed by atoms with Gasteiger partial charge in [-0.3, -0.25) is 4.84 Å². The highest BCUT2D eigenvalue weighted by molar-refractivity contribution is 7.09. The zero-order chi connectivity index (χ0) is 13.6. The van der Waals surface area contributed by atoms with Crippen molar-refractivity contribution < 1.29 is 19.5 Å². The Morgan fingerprint density at radius 1 is 1.74 bits per heavy atom. The first kappa shape index (κ1) is 12.1. The standard InChI is InChI=1S/C11H11N3O4S/c1-2-3-18-14-6-4-13(11(14)17)8(10(15)16)7-9(6)19-5-12-7/h2,5-6,8H,1,3-4H2,(H,15,16)/t6-,8-/m0/s1. The molecule has 7 nitrogen and oxygen atoms in total. The molecule has 19 heavy (non-hydrogen) atoms. The Morgan fingerprint density at radius 3 is 3.21 bits per heavy atom. The third-order valence-corrected chi connectivity index (χ3v) is 4.10. The van der Waals surface area contributed by atoms with Gasteiger partial charge in [0.25, 0.3) is 0 Å². The minimum Gasteiger partial charge on any atom is -0.479 e. The number of carboxylic acid groups (broad SMARTS) is 1. The van der Waals surface area contributed by atoms with E-state index in [1.807, 2.05) is 0 Å². The maximum absolute atomic E-state index is 12.2. The fourth-order valence-corrected chi connectivity index (χ4v) is 3.29. The van der Waals surface area contributed by atoms with Crippen LogP contribution in [0.2, 0.25) is 0 Å². The van der Waals surface area contributed by atoms with Crippen molar-refractivity contribution in [1.82, 2.24) is 14.9 Å². The van der Waals surface area contributed by atoms with E-state index in [0.717, 1.165) is 4.88 Å². The second kappa shape index (κ2) is 4.32. The number of fused-ring (bicyclic) bond motifs is 4. The summed E-state index contributed by atoms with van der Waals surface area (Å²) in [6, 6.07) is -1.75. The molecule has 1 saturated heterocycles. The van der Waals surface area contributed by atoms with Gasteiger partial charge in [0.05, 0.1) is 29.2 Å². The molecule has 1 fully saturated rings. The number of amides is 2. The van der Waals surface area contributed by atoms with Crippen molar-refractivity contribution in [3.63, 3.8) is 0 Å². The van der Waals surface area contributed by atoms with Gasteiger partial charge in [0.2, 0.25) is 0 Å². The van der Waals surface area contributed by atoms with E-state index in [9.17, 15) is 14.7 Å². The molecule has 3 rings (SSSR count). The Kier molecular flexibility index (Phi) is 2.76. The van der Waals surface area contributed by atoms with Crippen LogP contribution in [0.15, 0.2) is 18.2 Å². The van der Waals surface area contributed by atoms with Gasteiger partial charge < -0.3 is 10.0 Å². The molecule has 2 bridgehead atoms. The van der Waals surface area contributed by atoms with E-state index in [2.05, 4.69) is 11.6 Å². The molecule has 3 heterocycles. The summed E-state index contributed by atoms with van der Waals surface area (Å²) in [7, 11) is 0. The van der Waals surface area contributed by atoms with Gasteiger partial charge in [0.15, 0.2) is 6.04 Å². The number of aliphatic carboxylic acids is 1. The molecule has 1 aromatic rings. The Hall–Kier alpha value is -1.93. The molecule has 1 N–H and O–H groups in total. The van der Waals surface area contributed by atoms with Gasteiger partial charge in [0, 0.05) is 0 Å². The molecular weight excluding hydrogens is 270 g/mol. The van der Waals surface area contributed by atoms with Crippen molar-refractivity contribution in [3.8, 4) is 0 Å². The summed E-state index contributed by atoms with van der Waals surface area (Å²) in [6.45, 7) is 4.03. The van der Waals surface area contributed by atoms with Crippen LogP contribution in [0.4, 0.5) is 4.79 Å². The molecule has 2 aliphatic rings. The maximum atomic E-state index is 12.2. The van der Waals surface area contributed by atoms with E-state index in [0.29, 0.717) is 12.2 Å². The number of urea groups is 1. The SMILES string of the molecule is C=CCON1C(=O)N2C[C@H]1c1scnc1[C@H]2C(=O)O. The van der Waals surface area contributed by atoms with Gasteiger partial charge in [-0.2, -0.15) is 5.06 Å². The summed E-state index contributed by atoms with van der Waals surface area (Å²) >= 11 is 1.34. The molecule has 0 unspecified atom stereocenters. The predicted octanol–water partition coefficient (Wildman–Crippen LogP) is 1.18. The number of aromatic nitrogens is 1. The average Bonchev–Trinajstić information content (AvgIpc) is 2.94.